The number of amides is 1. The lowest BCUT2D eigenvalue weighted by Crippen LogP contribution is -2.38. The molecule has 2 N–H and O–H groups in total. The van der Waals surface area contributed by atoms with Crippen LogP contribution < -0.4 is 19.1 Å². The summed E-state index contributed by atoms with van der Waals surface area (Å²) in [5.41, 5.74) is 1.95. The molecule has 0 atom stereocenters. The number of sulfonamides is 2. The minimum Gasteiger partial charge on any atom is -0.497 e. The summed E-state index contributed by atoms with van der Waals surface area (Å²) in [5, 5.41) is 2.66. The highest BCUT2D eigenvalue weighted by Crippen LogP contribution is 2.26. The van der Waals surface area contributed by atoms with Crippen LogP contribution in [0.2, 0.25) is 0 Å². The lowest BCUT2D eigenvalue weighted by Gasteiger charge is -2.24. The fourth-order valence-electron chi connectivity index (χ4n) is 3.82. The van der Waals surface area contributed by atoms with Crippen LogP contribution in [0.15, 0.2) is 112 Å². The molecule has 0 spiro atoms. The highest BCUT2D eigenvalue weighted by Gasteiger charge is 2.27. The van der Waals surface area contributed by atoms with E-state index in [1.54, 1.807) is 60.7 Å². The Morgan fingerprint density at radius 2 is 1.34 bits per heavy atom. The van der Waals surface area contributed by atoms with Crippen LogP contribution in [0.3, 0.4) is 0 Å². The Bertz CT molecular complexity index is 1710. The number of ether oxygens (including phenoxy) is 1. The number of anilines is 3. The van der Waals surface area contributed by atoms with Crippen molar-refractivity contribution in [2.24, 2.45) is 0 Å². The fraction of sp³-hybridized carbons (Fsp3) is 0.138. The number of nitrogens with zero attached hydrogens (tertiary/aromatic N) is 1. The van der Waals surface area contributed by atoms with E-state index in [-0.39, 0.29) is 9.79 Å². The van der Waals surface area contributed by atoms with Gasteiger partial charge in [0.2, 0.25) is 5.91 Å². The summed E-state index contributed by atoms with van der Waals surface area (Å²) in [6.07, 6.45) is 1.89. The second-order valence-corrected chi connectivity index (χ2v) is 13.4. The number of hydrogen-bond acceptors (Lipinski definition) is 7. The summed E-state index contributed by atoms with van der Waals surface area (Å²) in [6, 6.07) is 25.3. The Morgan fingerprint density at radius 3 is 1.90 bits per heavy atom. The number of nitrogens with one attached hydrogen (secondary N) is 2. The first-order valence-corrected chi connectivity index (χ1v) is 16.5. The van der Waals surface area contributed by atoms with Crippen LogP contribution in [0, 0.1) is 6.92 Å². The Morgan fingerprint density at radius 1 is 0.780 bits per heavy atom. The zero-order valence-corrected chi connectivity index (χ0v) is 25.0. The van der Waals surface area contributed by atoms with Gasteiger partial charge in [-0.2, -0.15) is 0 Å². The standard InChI is InChI=1S/C29H29N3O6S3/c1-21-4-10-24(11-5-21)32(41(36,37)28-18-14-26(39-3)15-19-28)20-29(33)30-22-8-16-27(17-9-22)40(34,35)31-23-6-12-25(38-2)13-7-23/h4-19,31H,20H2,1-3H3,(H,30,33). The molecular formula is C29H29N3O6S3. The monoisotopic (exact) mass is 611 g/mol. The van der Waals surface area contributed by atoms with Crippen molar-refractivity contribution in [3.63, 3.8) is 0 Å². The fourth-order valence-corrected chi connectivity index (χ4v) is 6.71. The lowest BCUT2D eigenvalue weighted by molar-refractivity contribution is -0.114. The van der Waals surface area contributed by atoms with E-state index in [1.165, 1.54) is 55.3 Å². The van der Waals surface area contributed by atoms with Crippen molar-refractivity contribution in [1.82, 2.24) is 0 Å². The first-order chi connectivity index (χ1) is 19.5. The van der Waals surface area contributed by atoms with Crippen LogP contribution in [-0.4, -0.2) is 42.7 Å². The first kappa shape index (κ1) is 30.0. The van der Waals surface area contributed by atoms with Gasteiger partial charge in [0.1, 0.15) is 12.3 Å². The van der Waals surface area contributed by atoms with Gasteiger partial charge in [0, 0.05) is 16.3 Å². The van der Waals surface area contributed by atoms with E-state index in [2.05, 4.69) is 10.0 Å². The summed E-state index contributed by atoms with van der Waals surface area (Å²) in [7, 11) is -6.44. The van der Waals surface area contributed by atoms with E-state index >= 15 is 0 Å². The number of methoxy groups -OCH3 is 1. The van der Waals surface area contributed by atoms with Gasteiger partial charge >= 0.3 is 0 Å². The van der Waals surface area contributed by atoms with Gasteiger partial charge in [0.25, 0.3) is 20.0 Å². The maximum Gasteiger partial charge on any atom is 0.264 e. The van der Waals surface area contributed by atoms with Gasteiger partial charge in [-0.05, 0) is 98.1 Å². The molecule has 0 aliphatic rings. The van der Waals surface area contributed by atoms with E-state index in [0.717, 1.165) is 14.8 Å². The number of carbonyl (C=O) groups excluding carboxylic acids is 1. The quantitative estimate of drug-likeness (QED) is 0.219. The molecule has 0 fully saturated rings. The lowest BCUT2D eigenvalue weighted by atomic mass is 10.2. The topological polar surface area (TPSA) is 122 Å². The molecule has 0 aliphatic carbocycles. The van der Waals surface area contributed by atoms with E-state index in [4.69, 9.17) is 4.74 Å². The molecule has 9 nitrogen and oxygen atoms in total. The molecule has 0 aromatic heterocycles. The van der Waals surface area contributed by atoms with Crippen molar-refractivity contribution in [3.8, 4) is 5.75 Å². The van der Waals surface area contributed by atoms with Crippen LogP contribution in [0.5, 0.6) is 5.75 Å². The second-order valence-electron chi connectivity index (χ2n) is 8.93. The van der Waals surface area contributed by atoms with Gasteiger partial charge in [0.15, 0.2) is 0 Å². The highest BCUT2D eigenvalue weighted by atomic mass is 32.2. The van der Waals surface area contributed by atoms with Gasteiger partial charge in [-0.3, -0.25) is 13.8 Å². The summed E-state index contributed by atoms with van der Waals surface area (Å²) in [4.78, 5) is 14.0. The third-order valence-corrected chi connectivity index (χ3v) is 9.98. The van der Waals surface area contributed by atoms with Crippen LogP contribution >= 0.6 is 11.8 Å². The van der Waals surface area contributed by atoms with Gasteiger partial charge in [-0.25, -0.2) is 16.8 Å². The van der Waals surface area contributed by atoms with Crippen molar-refractivity contribution in [2.45, 2.75) is 21.6 Å². The summed E-state index contributed by atoms with van der Waals surface area (Å²) < 4.78 is 61.4. The van der Waals surface area contributed by atoms with E-state index in [0.29, 0.717) is 22.8 Å². The van der Waals surface area contributed by atoms with Crippen molar-refractivity contribution < 1.29 is 26.4 Å². The number of rotatable bonds is 11. The summed E-state index contributed by atoms with van der Waals surface area (Å²) in [6.45, 7) is 1.39. The van der Waals surface area contributed by atoms with Crippen molar-refractivity contribution in [3.05, 3.63) is 103 Å². The van der Waals surface area contributed by atoms with Gasteiger partial charge in [-0.15, -0.1) is 11.8 Å². The Hall–Kier alpha value is -4.00. The SMILES string of the molecule is COc1ccc(NS(=O)(=O)c2ccc(NC(=O)CN(c3ccc(C)cc3)S(=O)(=O)c3ccc(SC)cc3)cc2)cc1. The molecule has 0 aliphatic heterocycles. The largest absolute Gasteiger partial charge is 0.497 e. The van der Waals surface area contributed by atoms with Gasteiger partial charge < -0.3 is 10.1 Å². The Labute approximate surface area is 244 Å². The maximum atomic E-state index is 13.6. The van der Waals surface area contributed by atoms with Crippen molar-refractivity contribution >= 4 is 54.8 Å². The molecule has 41 heavy (non-hydrogen) atoms. The molecule has 0 radical (unpaired) electrons. The first-order valence-electron chi connectivity index (χ1n) is 12.3. The summed E-state index contributed by atoms with van der Waals surface area (Å²) >= 11 is 1.49. The normalized spacial score (nSPS) is 11.5. The number of thioether (sulfide) groups is 1. The third-order valence-electron chi connectivity index (χ3n) is 6.05. The van der Waals surface area contributed by atoms with E-state index in [1.807, 2.05) is 13.2 Å². The molecule has 0 saturated heterocycles. The maximum absolute atomic E-state index is 13.6. The molecule has 0 unspecified atom stereocenters. The average molecular weight is 612 g/mol. The molecule has 0 heterocycles. The molecule has 4 aromatic carbocycles. The smallest absolute Gasteiger partial charge is 0.264 e. The molecule has 0 bridgehead atoms. The summed E-state index contributed by atoms with van der Waals surface area (Å²) in [5.74, 6) is -0.00265. The molecule has 12 heteroatoms. The number of carbonyl (C=O) groups is 1. The van der Waals surface area contributed by atoms with Gasteiger partial charge in [0.05, 0.1) is 22.6 Å². The average Bonchev–Trinajstić information content (AvgIpc) is 2.97. The van der Waals surface area contributed by atoms with Crippen LogP contribution in [-0.2, 0) is 24.8 Å². The molecule has 1 amide bonds. The molecule has 214 valence electrons. The Balaban J connectivity index is 1.51. The van der Waals surface area contributed by atoms with Crippen molar-refractivity contribution in [1.29, 1.82) is 0 Å². The van der Waals surface area contributed by atoms with Crippen LogP contribution in [0.25, 0.3) is 0 Å². The molecule has 4 aromatic rings. The second kappa shape index (κ2) is 12.7. The molecular weight excluding hydrogens is 583 g/mol. The minimum atomic E-state index is -4.07. The highest BCUT2D eigenvalue weighted by molar-refractivity contribution is 7.98. The molecule has 4 rings (SSSR count). The minimum absolute atomic E-state index is 0.0103. The zero-order valence-electron chi connectivity index (χ0n) is 22.6. The number of hydrogen-bond donors (Lipinski definition) is 2. The van der Waals surface area contributed by atoms with Crippen LogP contribution in [0.4, 0.5) is 17.1 Å². The number of aryl methyl sites for hydroxylation is 1. The van der Waals surface area contributed by atoms with Crippen LogP contribution in [0.1, 0.15) is 5.56 Å². The third kappa shape index (κ3) is 7.40. The number of benzene rings is 4. The molecule has 0 saturated carbocycles. The van der Waals surface area contributed by atoms with E-state index in [9.17, 15) is 21.6 Å². The zero-order chi connectivity index (χ0) is 29.6. The van der Waals surface area contributed by atoms with Gasteiger partial charge in [-0.1, -0.05) is 17.7 Å². The van der Waals surface area contributed by atoms with Crippen molar-refractivity contribution in [2.75, 3.05) is 34.3 Å². The predicted octanol–water partition coefficient (Wildman–Crippen LogP) is 5.36. The Kier molecular flexibility index (Phi) is 9.26. The predicted molar refractivity (Wildman–Crippen MR) is 163 cm³/mol. The van der Waals surface area contributed by atoms with E-state index < -0.39 is 32.5 Å².